The van der Waals surface area contributed by atoms with Crippen LogP contribution in [-0.4, -0.2) is 55.2 Å². The Balaban J connectivity index is 1.73. The van der Waals surface area contributed by atoms with E-state index < -0.39 is 0 Å². The Morgan fingerprint density at radius 3 is 3.00 bits per heavy atom. The molecule has 0 fully saturated rings. The lowest BCUT2D eigenvalue weighted by atomic mass is 10.1. The summed E-state index contributed by atoms with van der Waals surface area (Å²) in [6, 6.07) is 5.61. The van der Waals surface area contributed by atoms with Crippen molar-refractivity contribution in [2.75, 3.05) is 24.3 Å². The second-order valence-corrected chi connectivity index (χ2v) is 7.31. The molecule has 0 radical (unpaired) electrons. The molecule has 3 aromatic heterocycles. The molecule has 0 saturated carbocycles. The average molecular weight is 407 g/mol. The van der Waals surface area contributed by atoms with Crippen molar-refractivity contribution in [2.45, 2.75) is 19.6 Å². The second-order valence-electron chi connectivity index (χ2n) is 7.31. The predicted molar refractivity (Wildman–Crippen MR) is 111 cm³/mol. The van der Waals surface area contributed by atoms with Crippen LogP contribution in [0.2, 0.25) is 0 Å². The molecule has 1 amide bonds. The first kappa shape index (κ1) is 18.3. The number of anilines is 3. The summed E-state index contributed by atoms with van der Waals surface area (Å²) in [7, 11) is 3.64. The Morgan fingerprint density at radius 1 is 1.30 bits per heavy atom. The fourth-order valence-electron chi connectivity index (χ4n) is 3.63. The summed E-state index contributed by atoms with van der Waals surface area (Å²) in [4.78, 5) is 17.2. The molecule has 4 bridgehead atoms. The lowest BCUT2D eigenvalue weighted by molar-refractivity contribution is 0.0815. The van der Waals surface area contributed by atoms with Gasteiger partial charge in [-0.05, 0) is 24.6 Å². The van der Waals surface area contributed by atoms with Gasteiger partial charge >= 0.3 is 0 Å². The molecule has 154 valence electrons. The molecular weight excluding hydrogens is 386 g/mol. The SMILES string of the molecule is CNc1cc2nn3c(cnc13)C(=O)N[C@H](C)COCc1cc(c3c(c1)nnn3C)N2. The van der Waals surface area contributed by atoms with Crippen LogP contribution in [0.15, 0.2) is 24.4 Å². The van der Waals surface area contributed by atoms with E-state index in [1.165, 1.54) is 10.7 Å². The Hall–Kier alpha value is -3.73. The van der Waals surface area contributed by atoms with Gasteiger partial charge in [0.25, 0.3) is 5.91 Å². The zero-order chi connectivity index (χ0) is 20.8. The first-order valence-electron chi connectivity index (χ1n) is 9.58. The molecule has 1 aliphatic heterocycles. The lowest BCUT2D eigenvalue weighted by Crippen LogP contribution is -2.36. The molecule has 0 aliphatic carbocycles. The third-order valence-corrected chi connectivity index (χ3v) is 5.01. The Labute approximate surface area is 171 Å². The summed E-state index contributed by atoms with van der Waals surface area (Å²) in [5, 5.41) is 22.4. The molecular formula is C19H21N9O2. The van der Waals surface area contributed by atoms with Gasteiger partial charge in [-0.2, -0.15) is 0 Å². The normalized spacial score (nSPS) is 17.0. The number of rotatable bonds is 1. The van der Waals surface area contributed by atoms with E-state index in [4.69, 9.17) is 4.74 Å². The lowest BCUT2D eigenvalue weighted by Gasteiger charge is -2.16. The van der Waals surface area contributed by atoms with Crippen molar-refractivity contribution >= 4 is 39.8 Å². The van der Waals surface area contributed by atoms with E-state index in [0.29, 0.717) is 30.4 Å². The highest BCUT2D eigenvalue weighted by molar-refractivity contribution is 5.94. The molecule has 4 heterocycles. The number of ether oxygens (including phenoxy) is 1. The molecule has 3 N–H and O–H groups in total. The predicted octanol–water partition coefficient (Wildman–Crippen LogP) is 1.44. The van der Waals surface area contributed by atoms with E-state index in [-0.39, 0.29) is 11.9 Å². The number of hydrogen-bond acceptors (Lipinski definition) is 8. The number of amides is 1. The van der Waals surface area contributed by atoms with Gasteiger partial charge in [0.05, 0.1) is 30.8 Å². The van der Waals surface area contributed by atoms with Crippen LogP contribution in [0.3, 0.4) is 0 Å². The van der Waals surface area contributed by atoms with Crippen LogP contribution in [0.5, 0.6) is 0 Å². The minimum Gasteiger partial charge on any atom is -0.385 e. The first-order valence-corrected chi connectivity index (χ1v) is 9.58. The molecule has 1 aliphatic rings. The van der Waals surface area contributed by atoms with Gasteiger partial charge in [-0.3, -0.25) is 4.79 Å². The second kappa shape index (κ2) is 6.95. The molecule has 0 saturated heterocycles. The van der Waals surface area contributed by atoms with Crippen molar-refractivity contribution < 1.29 is 9.53 Å². The highest BCUT2D eigenvalue weighted by Gasteiger charge is 2.20. The number of nitrogens with one attached hydrogen (secondary N) is 3. The van der Waals surface area contributed by atoms with Gasteiger partial charge in [-0.25, -0.2) is 14.2 Å². The molecule has 11 nitrogen and oxygen atoms in total. The van der Waals surface area contributed by atoms with E-state index in [2.05, 4.69) is 36.3 Å². The largest absolute Gasteiger partial charge is 0.385 e. The van der Waals surface area contributed by atoms with Gasteiger partial charge in [0, 0.05) is 26.2 Å². The number of nitrogens with zero attached hydrogens (tertiary/aromatic N) is 6. The quantitative estimate of drug-likeness (QED) is 0.433. The van der Waals surface area contributed by atoms with Crippen molar-refractivity contribution in [3.8, 4) is 0 Å². The van der Waals surface area contributed by atoms with E-state index >= 15 is 0 Å². The Bertz CT molecular complexity index is 1280. The highest BCUT2D eigenvalue weighted by Crippen LogP contribution is 2.29. The Kier molecular flexibility index (Phi) is 4.24. The molecule has 0 spiro atoms. The van der Waals surface area contributed by atoms with Crippen LogP contribution in [-0.2, 0) is 18.4 Å². The van der Waals surface area contributed by atoms with Crippen LogP contribution in [0.25, 0.3) is 16.7 Å². The maximum Gasteiger partial charge on any atom is 0.271 e. The van der Waals surface area contributed by atoms with Crippen molar-refractivity contribution in [3.05, 3.63) is 35.7 Å². The van der Waals surface area contributed by atoms with Gasteiger partial charge in [-0.1, -0.05) is 5.21 Å². The van der Waals surface area contributed by atoms with Crippen molar-refractivity contribution in [3.63, 3.8) is 0 Å². The zero-order valence-corrected chi connectivity index (χ0v) is 16.8. The van der Waals surface area contributed by atoms with Gasteiger partial charge < -0.3 is 20.7 Å². The monoisotopic (exact) mass is 407 g/mol. The molecule has 1 aromatic carbocycles. The van der Waals surface area contributed by atoms with Gasteiger partial charge in [-0.15, -0.1) is 10.2 Å². The molecule has 0 unspecified atom stereocenters. The summed E-state index contributed by atoms with van der Waals surface area (Å²) in [5.74, 6) is 0.281. The number of aromatic nitrogens is 6. The minimum absolute atomic E-state index is 0.184. The van der Waals surface area contributed by atoms with Crippen molar-refractivity contribution in [1.82, 2.24) is 34.9 Å². The van der Waals surface area contributed by atoms with E-state index in [1.807, 2.05) is 32.2 Å². The third kappa shape index (κ3) is 2.99. The topological polar surface area (TPSA) is 123 Å². The van der Waals surface area contributed by atoms with E-state index in [0.717, 1.165) is 28.0 Å². The first-order chi connectivity index (χ1) is 14.5. The summed E-state index contributed by atoms with van der Waals surface area (Å²) in [5.41, 5.74) is 4.98. The van der Waals surface area contributed by atoms with Crippen LogP contribution < -0.4 is 16.0 Å². The van der Waals surface area contributed by atoms with Gasteiger partial charge in [0.2, 0.25) is 0 Å². The highest BCUT2D eigenvalue weighted by atomic mass is 16.5. The number of aryl methyl sites for hydroxylation is 1. The number of fused-ring (bicyclic) bond motifs is 5. The van der Waals surface area contributed by atoms with Crippen LogP contribution in [0.4, 0.5) is 17.2 Å². The maximum atomic E-state index is 12.8. The molecule has 1 atom stereocenters. The van der Waals surface area contributed by atoms with Gasteiger partial charge in [0.15, 0.2) is 17.2 Å². The fraction of sp³-hybridized carbons (Fsp3) is 0.316. The minimum atomic E-state index is -0.265. The van der Waals surface area contributed by atoms with E-state index in [1.54, 1.807) is 11.7 Å². The van der Waals surface area contributed by atoms with Crippen LogP contribution >= 0.6 is 0 Å². The average Bonchev–Trinajstić information content (AvgIpc) is 3.30. The number of hydrogen-bond donors (Lipinski definition) is 3. The third-order valence-electron chi connectivity index (χ3n) is 5.01. The number of carbonyl (C=O) groups is 1. The maximum absolute atomic E-state index is 12.8. The summed E-state index contributed by atoms with van der Waals surface area (Å²) < 4.78 is 9.07. The van der Waals surface area contributed by atoms with Gasteiger partial charge in [0.1, 0.15) is 11.0 Å². The smallest absolute Gasteiger partial charge is 0.271 e. The standard InChI is InChI=1S/C19H21N9O2/c1-10-8-30-9-11-4-12(17-13(5-11)24-26-27(17)3)23-16-6-14(20-2)18-21-7-15(19(29)22-10)28(18)25-16/h4-7,10,20H,8-9H2,1-3H3,(H,22,29)(H,23,25)/t10-/m1/s1. The van der Waals surface area contributed by atoms with Crippen molar-refractivity contribution in [1.29, 1.82) is 0 Å². The molecule has 4 aromatic rings. The van der Waals surface area contributed by atoms with E-state index in [9.17, 15) is 4.79 Å². The number of imidazole rings is 1. The molecule has 5 rings (SSSR count). The number of carbonyl (C=O) groups excluding carboxylic acids is 1. The van der Waals surface area contributed by atoms with Crippen LogP contribution in [0.1, 0.15) is 23.0 Å². The fourth-order valence-corrected chi connectivity index (χ4v) is 3.63. The summed E-state index contributed by atoms with van der Waals surface area (Å²) in [6.07, 6.45) is 1.52. The summed E-state index contributed by atoms with van der Waals surface area (Å²) >= 11 is 0. The number of benzene rings is 1. The van der Waals surface area contributed by atoms with Crippen molar-refractivity contribution in [2.24, 2.45) is 7.05 Å². The molecule has 30 heavy (non-hydrogen) atoms. The Morgan fingerprint density at radius 2 is 2.17 bits per heavy atom. The molecule has 11 heteroatoms. The van der Waals surface area contributed by atoms with Crippen LogP contribution in [0, 0.1) is 0 Å². The zero-order valence-electron chi connectivity index (χ0n) is 16.8. The summed E-state index contributed by atoms with van der Waals surface area (Å²) in [6.45, 7) is 2.64.